The standard InChI is InChI=1S/C28H31Cl2N3O4S/c1-20(2)17-31-28(35)21(3)32(18-22-8-5-4-6-9-22)27(34)19-33(25-11-7-10-24(30)16-25)38(36,37)26-14-12-23(29)13-15-26/h4-16,20-21H,17-19H2,1-3H3,(H,31,35)/t21-/m0/s1. The lowest BCUT2D eigenvalue weighted by Crippen LogP contribution is -2.51. The highest BCUT2D eigenvalue weighted by Gasteiger charge is 2.32. The number of amides is 2. The van der Waals surface area contributed by atoms with E-state index in [2.05, 4.69) is 5.32 Å². The molecule has 0 fully saturated rings. The molecule has 0 saturated carbocycles. The van der Waals surface area contributed by atoms with Crippen LogP contribution in [0.15, 0.2) is 83.8 Å². The van der Waals surface area contributed by atoms with Gasteiger partial charge < -0.3 is 10.2 Å². The lowest BCUT2D eigenvalue weighted by Gasteiger charge is -2.32. The van der Waals surface area contributed by atoms with Gasteiger partial charge in [0.2, 0.25) is 11.8 Å². The molecule has 10 heteroatoms. The van der Waals surface area contributed by atoms with Crippen LogP contribution in [0.1, 0.15) is 26.3 Å². The van der Waals surface area contributed by atoms with E-state index in [0.29, 0.717) is 16.6 Å². The maximum Gasteiger partial charge on any atom is 0.264 e. The third-order valence-corrected chi connectivity index (χ3v) is 8.10. The summed E-state index contributed by atoms with van der Waals surface area (Å²) in [4.78, 5) is 28.1. The van der Waals surface area contributed by atoms with E-state index < -0.39 is 28.5 Å². The van der Waals surface area contributed by atoms with E-state index in [1.807, 2.05) is 44.2 Å². The molecule has 1 N–H and O–H groups in total. The first kappa shape index (κ1) is 29.5. The van der Waals surface area contributed by atoms with Gasteiger partial charge in [-0.05, 0) is 60.9 Å². The topological polar surface area (TPSA) is 86.8 Å². The molecule has 3 aromatic carbocycles. The fraction of sp³-hybridized carbons (Fsp3) is 0.286. The van der Waals surface area contributed by atoms with Gasteiger partial charge in [-0.15, -0.1) is 0 Å². The van der Waals surface area contributed by atoms with Crippen molar-refractivity contribution in [2.45, 2.75) is 38.3 Å². The summed E-state index contributed by atoms with van der Waals surface area (Å²) in [5.41, 5.74) is 1.02. The third kappa shape index (κ3) is 7.72. The lowest BCUT2D eigenvalue weighted by atomic mass is 10.1. The third-order valence-electron chi connectivity index (χ3n) is 5.82. The normalized spacial score (nSPS) is 12.2. The predicted molar refractivity (Wildman–Crippen MR) is 152 cm³/mol. The van der Waals surface area contributed by atoms with E-state index in [-0.39, 0.29) is 29.0 Å². The summed E-state index contributed by atoms with van der Waals surface area (Å²) in [7, 11) is -4.19. The highest BCUT2D eigenvalue weighted by Crippen LogP contribution is 2.27. The Morgan fingerprint density at radius 2 is 1.53 bits per heavy atom. The molecule has 2 amide bonds. The first-order valence-electron chi connectivity index (χ1n) is 12.1. The number of carbonyl (C=O) groups excluding carboxylic acids is 2. The number of hydrogen-bond acceptors (Lipinski definition) is 4. The Labute approximate surface area is 234 Å². The summed E-state index contributed by atoms with van der Waals surface area (Å²) in [6.07, 6.45) is 0. The van der Waals surface area contributed by atoms with Crippen LogP contribution in [-0.4, -0.2) is 44.3 Å². The van der Waals surface area contributed by atoms with E-state index in [1.165, 1.54) is 35.2 Å². The van der Waals surface area contributed by atoms with Crippen LogP contribution in [0.2, 0.25) is 10.0 Å². The molecule has 3 rings (SSSR count). The molecule has 38 heavy (non-hydrogen) atoms. The van der Waals surface area contributed by atoms with Crippen LogP contribution in [0.4, 0.5) is 5.69 Å². The van der Waals surface area contributed by atoms with E-state index in [0.717, 1.165) is 9.87 Å². The minimum atomic E-state index is -4.19. The number of benzene rings is 3. The highest BCUT2D eigenvalue weighted by atomic mass is 35.5. The predicted octanol–water partition coefficient (Wildman–Crippen LogP) is 5.38. The molecule has 0 aliphatic carbocycles. The van der Waals surface area contributed by atoms with Gasteiger partial charge in [0.25, 0.3) is 10.0 Å². The van der Waals surface area contributed by atoms with Crippen molar-refractivity contribution < 1.29 is 18.0 Å². The summed E-state index contributed by atoms with van der Waals surface area (Å²) in [6, 6.07) is 20.3. The van der Waals surface area contributed by atoms with Crippen LogP contribution in [-0.2, 0) is 26.2 Å². The molecular formula is C28H31Cl2N3O4S. The molecule has 0 unspecified atom stereocenters. The van der Waals surface area contributed by atoms with Crippen molar-refractivity contribution in [2.75, 3.05) is 17.4 Å². The minimum absolute atomic E-state index is 0.0352. The smallest absolute Gasteiger partial charge is 0.264 e. The van der Waals surface area contributed by atoms with Crippen molar-refractivity contribution in [2.24, 2.45) is 5.92 Å². The zero-order valence-corrected chi connectivity index (χ0v) is 23.8. The van der Waals surface area contributed by atoms with Gasteiger partial charge in [-0.2, -0.15) is 0 Å². The van der Waals surface area contributed by atoms with Crippen LogP contribution < -0.4 is 9.62 Å². The summed E-state index contributed by atoms with van der Waals surface area (Å²) in [5, 5.41) is 3.56. The van der Waals surface area contributed by atoms with Gasteiger partial charge in [-0.3, -0.25) is 13.9 Å². The van der Waals surface area contributed by atoms with Crippen LogP contribution >= 0.6 is 23.2 Å². The Bertz CT molecular complexity index is 1350. The average molecular weight is 577 g/mol. The van der Waals surface area contributed by atoms with Crippen molar-refractivity contribution in [1.82, 2.24) is 10.2 Å². The molecule has 0 aliphatic heterocycles. The second-order valence-corrected chi connectivity index (χ2v) is 12.0. The zero-order valence-electron chi connectivity index (χ0n) is 21.5. The first-order valence-corrected chi connectivity index (χ1v) is 14.3. The van der Waals surface area contributed by atoms with Gasteiger partial charge in [0.15, 0.2) is 0 Å². The number of rotatable bonds is 11. The molecule has 0 aromatic heterocycles. The number of hydrogen-bond donors (Lipinski definition) is 1. The highest BCUT2D eigenvalue weighted by molar-refractivity contribution is 7.92. The summed E-state index contributed by atoms with van der Waals surface area (Å²) in [5.74, 6) is -0.635. The summed E-state index contributed by atoms with van der Waals surface area (Å²) < 4.78 is 28.5. The maximum absolute atomic E-state index is 13.8. The molecule has 7 nitrogen and oxygen atoms in total. The second-order valence-electron chi connectivity index (χ2n) is 9.27. The van der Waals surface area contributed by atoms with Crippen LogP contribution in [0.3, 0.4) is 0 Å². The first-order chi connectivity index (χ1) is 18.0. The molecule has 0 saturated heterocycles. The van der Waals surface area contributed by atoms with E-state index in [4.69, 9.17) is 23.2 Å². The van der Waals surface area contributed by atoms with Crippen molar-refractivity contribution in [3.63, 3.8) is 0 Å². The van der Waals surface area contributed by atoms with Crippen LogP contribution in [0.25, 0.3) is 0 Å². The van der Waals surface area contributed by atoms with E-state index in [1.54, 1.807) is 25.1 Å². The molecule has 1 atom stereocenters. The van der Waals surface area contributed by atoms with Gasteiger partial charge in [0.05, 0.1) is 10.6 Å². The fourth-order valence-corrected chi connectivity index (χ4v) is 5.43. The number of halogens is 2. The largest absolute Gasteiger partial charge is 0.354 e. The maximum atomic E-state index is 13.8. The minimum Gasteiger partial charge on any atom is -0.354 e. The van der Waals surface area contributed by atoms with Crippen LogP contribution in [0, 0.1) is 5.92 Å². The Balaban J connectivity index is 2.00. The average Bonchev–Trinajstić information content (AvgIpc) is 2.89. The molecule has 3 aromatic rings. The van der Waals surface area contributed by atoms with Crippen molar-refractivity contribution in [3.8, 4) is 0 Å². The Hall–Kier alpha value is -3.07. The number of anilines is 1. The number of carbonyl (C=O) groups is 2. The van der Waals surface area contributed by atoms with Crippen molar-refractivity contribution in [3.05, 3.63) is 94.5 Å². The van der Waals surface area contributed by atoms with Gasteiger partial charge >= 0.3 is 0 Å². The number of nitrogens with zero attached hydrogens (tertiary/aromatic N) is 2. The Morgan fingerprint density at radius 1 is 0.868 bits per heavy atom. The Kier molecular flexibility index (Phi) is 10.2. The monoisotopic (exact) mass is 575 g/mol. The number of sulfonamides is 1. The molecular weight excluding hydrogens is 545 g/mol. The molecule has 0 spiro atoms. The van der Waals surface area contributed by atoms with Crippen molar-refractivity contribution in [1.29, 1.82) is 0 Å². The summed E-state index contributed by atoms with van der Waals surface area (Å²) in [6.45, 7) is 5.62. The zero-order chi connectivity index (χ0) is 27.9. The molecule has 0 bridgehead atoms. The van der Waals surface area contributed by atoms with Gasteiger partial charge in [0, 0.05) is 23.1 Å². The van der Waals surface area contributed by atoms with Gasteiger partial charge in [-0.25, -0.2) is 8.42 Å². The molecule has 202 valence electrons. The Morgan fingerprint density at radius 3 is 2.13 bits per heavy atom. The van der Waals surface area contributed by atoms with Gasteiger partial charge in [-0.1, -0.05) is 73.4 Å². The van der Waals surface area contributed by atoms with Crippen molar-refractivity contribution >= 4 is 50.7 Å². The lowest BCUT2D eigenvalue weighted by molar-refractivity contribution is -0.139. The molecule has 0 radical (unpaired) electrons. The van der Waals surface area contributed by atoms with E-state index in [9.17, 15) is 18.0 Å². The second kappa shape index (κ2) is 13.1. The number of nitrogens with one attached hydrogen (secondary N) is 1. The summed E-state index contributed by atoms with van der Waals surface area (Å²) >= 11 is 12.1. The molecule has 0 heterocycles. The quantitative estimate of drug-likeness (QED) is 0.332. The molecule has 0 aliphatic rings. The SMILES string of the molecule is CC(C)CNC(=O)[C@H](C)N(Cc1ccccc1)C(=O)CN(c1cccc(Cl)c1)S(=O)(=O)c1ccc(Cl)cc1. The van der Waals surface area contributed by atoms with Gasteiger partial charge in [0.1, 0.15) is 12.6 Å². The van der Waals surface area contributed by atoms with E-state index >= 15 is 0 Å². The fourth-order valence-electron chi connectivity index (χ4n) is 3.71. The van der Waals surface area contributed by atoms with Crippen LogP contribution in [0.5, 0.6) is 0 Å².